The van der Waals surface area contributed by atoms with Crippen LogP contribution in [0.1, 0.15) is 0 Å². The van der Waals surface area contributed by atoms with Gasteiger partial charge in [-0.05, 0) is 12.1 Å². The molecule has 0 radical (unpaired) electrons. The van der Waals surface area contributed by atoms with Gasteiger partial charge < -0.3 is 16.8 Å². The van der Waals surface area contributed by atoms with Crippen LogP contribution in [0.2, 0.25) is 0 Å². The largest absolute Gasteiger partial charge is 1.00 e. The molecule has 0 amide bonds. The Morgan fingerprint density at radius 2 is 1.47 bits per heavy atom. The molecule has 90 valence electrons. The minimum Gasteiger partial charge on any atom is -1.00 e. The van der Waals surface area contributed by atoms with Crippen molar-refractivity contribution in [1.29, 1.82) is 0 Å². The molecule has 0 saturated carbocycles. The van der Waals surface area contributed by atoms with E-state index in [1.54, 1.807) is 6.07 Å². The molecule has 0 fully saturated rings. The first kappa shape index (κ1) is 16.0. The molecule has 0 atom stereocenters. The van der Waals surface area contributed by atoms with Gasteiger partial charge in [0.2, 0.25) is 0 Å². The van der Waals surface area contributed by atoms with Crippen LogP contribution in [0.15, 0.2) is 69.9 Å². The van der Waals surface area contributed by atoms with E-state index in [4.69, 9.17) is 4.42 Å². The maximum absolute atomic E-state index is 11.9. The smallest absolute Gasteiger partial charge is 1.00 e. The Morgan fingerprint density at radius 3 is 2.21 bits per heavy atom. The van der Waals surface area contributed by atoms with Crippen molar-refractivity contribution in [3.8, 4) is 11.3 Å². The zero-order chi connectivity index (χ0) is 11.7. The Morgan fingerprint density at radius 1 is 0.842 bits per heavy atom. The monoisotopic (exact) mass is 280 g/mol. The Hall–Kier alpha value is -1.06. The summed E-state index contributed by atoms with van der Waals surface area (Å²) in [5.41, 5.74) is 1.53. The minimum absolute atomic E-state index is 0. The first-order valence-corrected chi connectivity index (χ1v) is 5.43. The van der Waals surface area contributed by atoms with Gasteiger partial charge in [-0.1, -0.05) is 42.5 Å². The summed E-state index contributed by atoms with van der Waals surface area (Å²) in [7, 11) is 0. The average Bonchev–Trinajstić information content (AvgIpc) is 2.40. The maximum Gasteiger partial charge on any atom is 1.00 e. The van der Waals surface area contributed by atoms with Gasteiger partial charge >= 0.3 is 29.6 Å². The van der Waals surface area contributed by atoms with Crippen LogP contribution in [0.25, 0.3) is 22.3 Å². The van der Waals surface area contributed by atoms with E-state index in [0.29, 0.717) is 16.7 Å². The van der Waals surface area contributed by atoms with Crippen molar-refractivity contribution < 1.29 is 46.4 Å². The SMILES string of the molecule is O=c1cc(-c2ccccc2)oc2ccccc12.[Cl-].[Na+]. The van der Waals surface area contributed by atoms with Gasteiger partial charge in [-0.15, -0.1) is 0 Å². The molecule has 1 heterocycles. The first-order valence-electron chi connectivity index (χ1n) is 5.43. The number of benzene rings is 2. The van der Waals surface area contributed by atoms with Crippen LogP contribution in [-0.4, -0.2) is 0 Å². The standard InChI is InChI=1S/C15H10O2.ClH.Na/c16-13-10-15(11-6-2-1-3-7-11)17-14-9-5-4-8-12(13)14;;/h1-10H;1H;/q;;+1/p-1. The number of halogens is 1. The Balaban J connectivity index is 0.000000902. The normalized spacial score (nSPS) is 9.47. The molecule has 2 nitrogen and oxygen atoms in total. The van der Waals surface area contributed by atoms with Crippen molar-refractivity contribution >= 4 is 11.0 Å². The molecular formula is C15H10ClNaO2. The van der Waals surface area contributed by atoms with Crippen molar-refractivity contribution in [2.45, 2.75) is 0 Å². The molecule has 0 unspecified atom stereocenters. The fraction of sp³-hybridized carbons (Fsp3) is 0. The first-order chi connectivity index (χ1) is 8.34. The van der Waals surface area contributed by atoms with Crippen molar-refractivity contribution in [2.75, 3.05) is 0 Å². The summed E-state index contributed by atoms with van der Waals surface area (Å²) in [5.74, 6) is 0.606. The summed E-state index contributed by atoms with van der Waals surface area (Å²) in [6.07, 6.45) is 0. The Labute approximate surface area is 139 Å². The molecule has 2 aromatic carbocycles. The summed E-state index contributed by atoms with van der Waals surface area (Å²) in [5, 5.41) is 0.618. The van der Waals surface area contributed by atoms with Crippen LogP contribution in [0.5, 0.6) is 0 Å². The van der Waals surface area contributed by atoms with Crippen LogP contribution < -0.4 is 47.4 Å². The second kappa shape index (κ2) is 6.92. The van der Waals surface area contributed by atoms with Crippen LogP contribution in [-0.2, 0) is 0 Å². The number of rotatable bonds is 1. The molecule has 0 saturated heterocycles. The van der Waals surface area contributed by atoms with Gasteiger partial charge in [0.15, 0.2) is 5.43 Å². The zero-order valence-electron chi connectivity index (χ0n) is 10.5. The molecule has 0 spiro atoms. The summed E-state index contributed by atoms with van der Waals surface area (Å²) in [6.45, 7) is 0. The van der Waals surface area contributed by atoms with E-state index in [-0.39, 0.29) is 47.4 Å². The molecule has 0 bridgehead atoms. The summed E-state index contributed by atoms with van der Waals surface area (Å²) in [4.78, 5) is 11.9. The van der Waals surface area contributed by atoms with Crippen LogP contribution >= 0.6 is 0 Å². The van der Waals surface area contributed by atoms with E-state index in [1.165, 1.54) is 6.07 Å². The van der Waals surface area contributed by atoms with Crippen molar-refractivity contribution in [3.63, 3.8) is 0 Å². The van der Waals surface area contributed by atoms with E-state index in [2.05, 4.69) is 0 Å². The average molecular weight is 281 g/mol. The van der Waals surface area contributed by atoms with E-state index in [9.17, 15) is 4.79 Å². The van der Waals surface area contributed by atoms with Crippen LogP contribution in [0.3, 0.4) is 0 Å². The molecule has 0 aliphatic carbocycles. The quantitative estimate of drug-likeness (QED) is 0.460. The van der Waals surface area contributed by atoms with E-state index in [1.807, 2.05) is 48.5 Å². The number of fused-ring (bicyclic) bond motifs is 1. The number of hydrogen-bond donors (Lipinski definition) is 0. The Kier molecular flexibility index (Phi) is 5.83. The predicted molar refractivity (Wildman–Crippen MR) is 67.9 cm³/mol. The van der Waals surface area contributed by atoms with Gasteiger partial charge in [-0.2, -0.15) is 0 Å². The van der Waals surface area contributed by atoms with Crippen LogP contribution in [0, 0.1) is 0 Å². The fourth-order valence-corrected chi connectivity index (χ4v) is 1.85. The number of hydrogen-bond acceptors (Lipinski definition) is 2. The van der Waals surface area contributed by atoms with Crippen molar-refractivity contribution in [3.05, 3.63) is 70.9 Å². The molecule has 3 rings (SSSR count). The van der Waals surface area contributed by atoms with Gasteiger partial charge in [0.05, 0.1) is 5.39 Å². The molecule has 0 N–H and O–H groups in total. The van der Waals surface area contributed by atoms with E-state index >= 15 is 0 Å². The van der Waals surface area contributed by atoms with E-state index < -0.39 is 0 Å². The van der Waals surface area contributed by atoms with Gasteiger partial charge in [0.1, 0.15) is 11.3 Å². The maximum atomic E-state index is 11.9. The van der Waals surface area contributed by atoms with Crippen molar-refractivity contribution in [1.82, 2.24) is 0 Å². The second-order valence-electron chi connectivity index (χ2n) is 3.84. The zero-order valence-corrected chi connectivity index (χ0v) is 13.2. The summed E-state index contributed by atoms with van der Waals surface area (Å²) < 4.78 is 5.73. The van der Waals surface area contributed by atoms with Gasteiger partial charge in [0.25, 0.3) is 0 Å². The molecule has 3 aromatic rings. The third kappa shape index (κ3) is 3.28. The molecule has 19 heavy (non-hydrogen) atoms. The van der Waals surface area contributed by atoms with Gasteiger partial charge in [0, 0.05) is 11.6 Å². The molecular weight excluding hydrogens is 271 g/mol. The molecule has 0 aliphatic heterocycles. The summed E-state index contributed by atoms with van der Waals surface area (Å²) in [6, 6.07) is 18.4. The Bertz CT molecular complexity index is 723. The third-order valence-electron chi connectivity index (χ3n) is 2.69. The fourth-order valence-electron chi connectivity index (χ4n) is 1.85. The topological polar surface area (TPSA) is 30.2 Å². The predicted octanol–water partition coefficient (Wildman–Crippen LogP) is -2.53. The third-order valence-corrected chi connectivity index (χ3v) is 2.69. The molecule has 0 aliphatic rings. The van der Waals surface area contributed by atoms with Crippen LogP contribution in [0.4, 0.5) is 0 Å². The van der Waals surface area contributed by atoms with Crippen molar-refractivity contribution in [2.24, 2.45) is 0 Å². The van der Waals surface area contributed by atoms with E-state index in [0.717, 1.165) is 5.56 Å². The minimum atomic E-state index is -0.00861. The molecule has 1 aromatic heterocycles. The number of para-hydroxylation sites is 1. The summed E-state index contributed by atoms with van der Waals surface area (Å²) >= 11 is 0. The second-order valence-corrected chi connectivity index (χ2v) is 3.84. The van der Waals surface area contributed by atoms with Gasteiger partial charge in [-0.25, -0.2) is 0 Å². The van der Waals surface area contributed by atoms with Gasteiger partial charge in [-0.3, -0.25) is 4.79 Å². The molecule has 4 heteroatoms.